The maximum absolute atomic E-state index is 7.38. The maximum atomic E-state index is 7.38. The highest BCUT2D eigenvalue weighted by molar-refractivity contribution is 5.79. The fourth-order valence-corrected chi connectivity index (χ4v) is 1.53. The van der Waals surface area contributed by atoms with Gasteiger partial charge in [0.25, 0.3) is 0 Å². The molecule has 2 aromatic heterocycles. The number of aromatic nitrogens is 5. The zero-order valence-electron chi connectivity index (χ0n) is 9.70. The van der Waals surface area contributed by atoms with Crippen LogP contribution in [0.3, 0.4) is 0 Å². The number of nitrogens with two attached hydrogens (primary N) is 1. The molecule has 17 heavy (non-hydrogen) atoms. The second-order valence-electron chi connectivity index (χ2n) is 3.95. The largest absolute Gasteiger partial charge is 0.387 e. The van der Waals surface area contributed by atoms with Crippen molar-refractivity contribution in [3.8, 4) is 0 Å². The molecule has 8 heteroatoms. The topological polar surface area (TPSA) is 109 Å². The van der Waals surface area contributed by atoms with Crippen molar-refractivity contribution in [2.75, 3.05) is 18.5 Å². The van der Waals surface area contributed by atoms with Crippen LogP contribution in [-0.4, -0.2) is 44.5 Å². The monoisotopic (exact) mass is 234 g/mol. The predicted molar refractivity (Wildman–Crippen MR) is 62.9 cm³/mol. The molecular formula is C9H14N8. The molecule has 0 aliphatic heterocycles. The Hall–Kier alpha value is -2.25. The molecule has 0 saturated carbocycles. The number of tetrazole rings is 1. The van der Waals surface area contributed by atoms with Crippen LogP contribution in [-0.2, 0) is 0 Å². The first-order valence-electron chi connectivity index (χ1n) is 5.16. The van der Waals surface area contributed by atoms with Gasteiger partial charge in [-0.2, -0.15) is 4.52 Å². The predicted octanol–water partition coefficient (Wildman–Crippen LogP) is -0.472. The van der Waals surface area contributed by atoms with Gasteiger partial charge in [0.05, 0.1) is 18.2 Å². The van der Waals surface area contributed by atoms with Gasteiger partial charge in [-0.3, -0.25) is 10.4 Å². The van der Waals surface area contributed by atoms with Crippen molar-refractivity contribution in [1.82, 2.24) is 25.0 Å². The van der Waals surface area contributed by atoms with E-state index in [0.717, 1.165) is 5.82 Å². The fourth-order valence-electron chi connectivity index (χ4n) is 1.53. The zero-order valence-corrected chi connectivity index (χ0v) is 9.70. The number of nitrogens with zero attached hydrogens (tertiary/aromatic N) is 6. The summed E-state index contributed by atoms with van der Waals surface area (Å²) in [6, 6.07) is 0. The highest BCUT2D eigenvalue weighted by Gasteiger charge is 2.13. The minimum absolute atomic E-state index is 0.0354. The molecule has 0 aliphatic rings. The molecule has 0 amide bonds. The summed E-state index contributed by atoms with van der Waals surface area (Å²) in [5.41, 5.74) is 6.04. The quantitative estimate of drug-likeness (QED) is 0.546. The summed E-state index contributed by atoms with van der Waals surface area (Å²) in [5.74, 6) is 0.890. The van der Waals surface area contributed by atoms with Crippen LogP contribution < -0.4 is 10.6 Å². The Kier molecular flexibility index (Phi) is 2.86. The van der Waals surface area contributed by atoms with Crippen molar-refractivity contribution in [1.29, 1.82) is 5.41 Å². The molecule has 0 aliphatic carbocycles. The van der Waals surface area contributed by atoms with Crippen molar-refractivity contribution in [3.63, 3.8) is 0 Å². The summed E-state index contributed by atoms with van der Waals surface area (Å²) in [6.45, 7) is 2.50. The second kappa shape index (κ2) is 4.32. The highest BCUT2D eigenvalue weighted by Crippen LogP contribution is 2.12. The average molecular weight is 234 g/mol. The Morgan fingerprint density at radius 1 is 1.59 bits per heavy atom. The Morgan fingerprint density at radius 3 is 3.06 bits per heavy atom. The van der Waals surface area contributed by atoms with Gasteiger partial charge >= 0.3 is 0 Å². The van der Waals surface area contributed by atoms with Crippen molar-refractivity contribution in [3.05, 3.63) is 12.4 Å². The van der Waals surface area contributed by atoms with Crippen LogP contribution in [0.2, 0.25) is 0 Å². The van der Waals surface area contributed by atoms with Crippen LogP contribution >= 0.6 is 0 Å². The molecule has 1 unspecified atom stereocenters. The van der Waals surface area contributed by atoms with E-state index in [0.29, 0.717) is 12.2 Å². The van der Waals surface area contributed by atoms with Gasteiger partial charge < -0.3 is 10.6 Å². The number of amidine groups is 1. The lowest BCUT2D eigenvalue weighted by molar-refractivity contribution is 0.703. The number of rotatable bonds is 4. The van der Waals surface area contributed by atoms with Crippen molar-refractivity contribution < 1.29 is 0 Å². The van der Waals surface area contributed by atoms with E-state index >= 15 is 0 Å². The summed E-state index contributed by atoms with van der Waals surface area (Å²) in [6.07, 6.45) is 3.27. The van der Waals surface area contributed by atoms with Crippen LogP contribution in [0.5, 0.6) is 0 Å². The first-order chi connectivity index (χ1) is 8.09. The van der Waals surface area contributed by atoms with E-state index in [4.69, 9.17) is 11.1 Å². The fraction of sp³-hybridized carbons (Fsp3) is 0.444. The molecule has 2 heterocycles. The van der Waals surface area contributed by atoms with Crippen LogP contribution in [0, 0.1) is 11.3 Å². The molecule has 90 valence electrons. The van der Waals surface area contributed by atoms with Crippen LogP contribution in [0.15, 0.2) is 12.4 Å². The smallest absolute Gasteiger partial charge is 0.199 e. The van der Waals surface area contributed by atoms with Gasteiger partial charge in [0, 0.05) is 19.5 Å². The molecule has 1 atom stereocenters. The zero-order chi connectivity index (χ0) is 12.4. The molecule has 0 spiro atoms. The molecule has 2 aromatic rings. The van der Waals surface area contributed by atoms with Crippen molar-refractivity contribution >= 4 is 17.3 Å². The van der Waals surface area contributed by atoms with E-state index in [1.165, 1.54) is 0 Å². The minimum atomic E-state index is -0.0354. The minimum Gasteiger partial charge on any atom is -0.387 e. The van der Waals surface area contributed by atoms with Gasteiger partial charge in [0.2, 0.25) is 0 Å². The second-order valence-corrected chi connectivity index (χ2v) is 3.95. The van der Waals surface area contributed by atoms with E-state index in [1.807, 2.05) is 18.9 Å². The summed E-state index contributed by atoms with van der Waals surface area (Å²) in [4.78, 5) is 5.99. The van der Waals surface area contributed by atoms with Crippen molar-refractivity contribution in [2.24, 2.45) is 11.7 Å². The van der Waals surface area contributed by atoms with Crippen molar-refractivity contribution in [2.45, 2.75) is 6.92 Å². The first-order valence-corrected chi connectivity index (χ1v) is 5.16. The lowest BCUT2D eigenvalue weighted by Gasteiger charge is -2.22. The molecular weight excluding hydrogens is 220 g/mol. The van der Waals surface area contributed by atoms with Gasteiger partial charge in [-0.25, -0.2) is 0 Å². The van der Waals surface area contributed by atoms with Gasteiger partial charge in [0.1, 0.15) is 0 Å². The summed E-state index contributed by atoms with van der Waals surface area (Å²) < 4.78 is 1.60. The number of hydrogen-bond donors (Lipinski definition) is 2. The molecule has 3 N–H and O–H groups in total. The van der Waals surface area contributed by atoms with Gasteiger partial charge in [-0.1, -0.05) is 6.92 Å². The third-order valence-corrected chi connectivity index (χ3v) is 2.56. The molecule has 0 radical (unpaired) electrons. The number of nitrogens with one attached hydrogen (secondary N) is 1. The number of fused-ring (bicyclic) bond motifs is 1. The molecule has 0 bridgehead atoms. The lowest BCUT2D eigenvalue weighted by Crippen LogP contribution is -2.33. The van der Waals surface area contributed by atoms with E-state index in [9.17, 15) is 0 Å². The van der Waals surface area contributed by atoms with Gasteiger partial charge in [-0.05, 0) is 10.4 Å². The van der Waals surface area contributed by atoms with E-state index < -0.39 is 0 Å². The molecule has 0 aromatic carbocycles. The third kappa shape index (κ3) is 2.14. The maximum Gasteiger partial charge on any atom is 0.199 e. The van der Waals surface area contributed by atoms with Gasteiger partial charge in [-0.15, -0.1) is 5.10 Å². The summed E-state index contributed by atoms with van der Waals surface area (Å²) in [7, 11) is 1.89. The number of anilines is 1. The molecule has 2 rings (SSSR count). The highest BCUT2D eigenvalue weighted by atomic mass is 15.5. The van der Waals surface area contributed by atoms with E-state index in [-0.39, 0.29) is 11.8 Å². The molecule has 8 nitrogen and oxygen atoms in total. The summed E-state index contributed by atoms with van der Waals surface area (Å²) >= 11 is 0. The third-order valence-electron chi connectivity index (χ3n) is 2.56. The average Bonchev–Trinajstić information content (AvgIpc) is 2.76. The number of hydrogen-bond acceptors (Lipinski definition) is 6. The normalized spacial score (nSPS) is 12.6. The SMILES string of the molecule is CC(CN(C)c1cncc2nnnn12)C(=N)N. The van der Waals surface area contributed by atoms with E-state index in [2.05, 4.69) is 20.5 Å². The Bertz CT molecular complexity index is 533. The van der Waals surface area contributed by atoms with Crippen LogP contribution in [0.4, 0.5) is 5.82 Å². The lowest BCUT2D eigenvalue weighted by atomic mass is 10.1. The van der Waals surface area contributed by atoms with Crippen LogP contribution in [0.25, 0.3) is 5.65 Å². The van der Waals surface area contributed by atoms with Crippen LogP contribution in [0.1, 0.15) is 6.92 Å². The first kappa shape index (κ1) is 11.2. The van der Waals surface area contributed by atoms with Gasteiger partial charge in [0.15, 0.2) is 11.5 Å². The Labute approximate surface area is 97.9 Å². The standard InChI is InChI=1S/C9H14N8/c1-6(9(10)11)5-16(2)8-4-12-3-7-13-14-15-17(7)8/h3-4,6H,5H2,1-2H3,(H3,10,11). The molecule has 0 fully saturated rings. The van der Waals surface area contributed by atoms with E-state index in [1.54, 1.807) is 16.9 Å². The summed E-state index contributed by atoms with van der Waals surface area (Å²) in [5, 5.41) is 18.7. The Morgan fingerprint density at radius 2 is 2.35 bits per heavy atom. The molecule has 0 saturated heterocycles. The Balaban J connectivity index is 2.27.